The Labute approximate surface area is 113 Å². The van der Waals surface area contributed by atoms with Gasteiger partial charge in [-0.3, -0.25) is 10.4 Å². The Morgan fingerprint density at radius 1 is 0.850 bits per heavy atom. The maximum absolute atomic E-state index is 5.37. The highest BCUT2D eigenvalue weighted by molar-refractivity contribution is 6.22. The third kappa shape index (κ3) is 1.42. The lowest BCUT2D eigenvalue weighted by atomic mass is 10.0. The summed E-state index contributed by atoms with van der Waals surface area (Å²) >= 11 is 0. The van der Waals surface area contributed by atoms with Crippen molar-refractivity contribution in [1.82, 2.24) is 20.2 Å². The molecule has 0 bridgehead atoms. The molecular weight excluding hydrogens is 252 g/mol. The van der Waals surface area contributed by atoms with Crippen LogP contribution in [0.4, 0.5) is 5.95 Å². The van der Waals surface area contributed by atoms with Gasteiger partial charge >= 0.3 is 0 Å². The van der Waals surface area contributed by atoms with Crippen molar-refractivity contribution in [3.05, 3.63) is 42.7 Å². The molecule has 4 rings (SSSR count). The van der Waals surface area contributed by atoms with Crippen LogP contribution in [-0.4, -0.2) is 20.2 Å². The standard InChI is InChI=1S/C14H10N6/c15-18-14-17-12-10-5-6-16-7-11(10)8-3-1-2-4-9(8)13(12)19-20-14/h1-7H,15H2,(H,17,18,20). The SMILES string of the molecule is NNc1nnc2c3ccccc3c3cnccc3c2n1. The van der Waals surface area contributed by atoms with E-state index in [1.165, 1.54) is 0 Å². The maximum Gasteiger partial charge on any atom is 0.257 e. The molecule has 0 atom stereocenters. The van der Waals surface area contributed by atoms with Gasteiger partial charge in [-0.1, -0.05) is 24.3 Å². The van der Waals surface area contributed by atoms with Crippen LogP contribution in [0.3, 0.4) is 0 Å². The number of hydrazine groups is 1. The number of benzene rings is 2. The molecule has 0 fully saturated rings. The normalized spacial score (nSPS) is 11.2. The minimum Gasteiger partial charge on any atom is -0.291 e. The fourth-order valence-corrected chi connectivity index (χ4v) is 2.50. The highest BCUT2D eigenvalue weighted by Crippen LogP contribution is 2.32. The van der Waals surface area contributed by atoms with E-state index in [9.17, 15) is 0 Å². The number of fused-ring (bicyclic) bond motifs is 6. The molecule has 0 amide bonds. The molecular formula is C14H10N6. The van der Waals surface area contributed by atoms with Gasteiger partial charge in [0.1, 0.15) is 11.0 Å². The van der Waals surface area contributed by atoms with E-state index in [-0.39, 0.29) is 0 Å². The molecule has 2 aromatic heterocycles. The number of nitrogens with zero attached hydrogens (tertiary/aromatic N) is 4. The topological polar surface area (TPSA) is 89.6 Å². The van der Waals surface area contributed by atoms with Gasteiger partial charge in [0.25, 0.3) is 5.95 Å². The number of rotatable bonds is 1. The average Bonchev–Trinajstić information content (AvgIpc) is 2.54. The zero-order chi connectivity index (χ0) is 13.5. The van der Waals surface area contributed by atoms with Crippen LogP contribution in [0.25, 0.3) is 32.6 Å². The van der Waals surface area contributed by atoms with Crippen molar-refractivity contribution in [3.8, 4) is 0 Å². The lowest BCUT2D eigenvalue weighted by molar-refractivity contribution is 1.01. The van der Waals surface area contributed by atoms with Crippen molar-refractivity contribution < 1.29 is 0 Å². The lowest BCUT2D eigenvalue weighted by Gasteiger charge is -2.08. The van der Waals surface area contributed by atoms with E-state index in [1.54, 1.807) is 6.20 Å². The number of nitrogens with two attached hydrogens (primary N) is 1. The van der Waals surface area contributed by atoms with Crippen molar-refractivity contribution in [1.29, 1.82) is 0 Å². The quantitative estimate of drug-likeness (QED) is 0.310. The van der Waals surface area contributed by atoms with Crippen LogP contribution < -0.4 is 11.3 Å². The zero-order valence-corrected chi connectivity index (χ0v) is 10.4. The highest BCUT2D eigenvalue weighted by atomic mass is 15.3. The number of nitrogen functional groups attached to an aromatic ring is 1. The first-order chi connectivity index (χ1) is 9.88. The van der Waals surface area contributed by atoms with Crippen molar-refractivity contribution >= 4 is 38.5 Å². The summed E-state index contributed by atoms with van der Waals surface area (Å²) in [5.74, 6) is 5.67. The molecule has 0 aliphatic heterocycles. The van der Waals surface area contributed by atoms with Gasteiger partial charge in [0, 0.05) is 28.6 Å². The summed E-state index contributed by atoms with van der Waals surface area (Å²) in [6.07, 6.45) is 3.59. The Morgan fingerprint density at radius 2 is 1.65 bits per heavy atom. The summed E-state index contributed by atoms with van der Waals surface area (Å²) in [5.41, 5.74) is 3.96. The molecule has 0 aliphatic rings. The summed E-state index contributed by atoms with van der Waals surface area (Å²) in [6.45, 7) is 0. The van der Waals surface area contributed by atoms with Gasteiger partial charge in [0.15, 0.2) is 0 Å². The third-order valence-electron chi connectivity index (χ3n) is 3.36. The first-order valence-electron chi connectivity index (χ1n) is 6.14. The van der Waals surface area contributed by atoms with Gasteiger partial charge < -0.3 is 0 Å². The van der Waals surface area contributed by atoms with Crippen LogP contribution in [0.1, 0.15) is 0 Å². The van der Waals surface area contributed by atoms with Crippen LogP contribution in [0.5, 0.6) is 0 Å². The van der Waals surface area contributed by atoms with Gasteiger partial charge in [-0.05, 0) is 11.5 Å². The monoisotopic (exact) mass is 262 g/mol. The van der Waals surface area contributed by atoms with Gasteiger partial charge in [-0.25, -0.2) is 10.8 Å². The van der Waals surface area contributed by atoms with Gasteiger partial charge in [-0.2, -0.15) is 0 Å². The van der Waals surface area contributed by atoms with Crippen molar-refractivity contribution in [2.24, 2.45) is 5.84 Å². The first-order valence-corrected chi connectivity index (χ1v) is 6.14. The summed E-state index contributed by atoms with van der Waals surface area (Å²) in [5, 5.41) is 12.3. The summed E-state index contributed by atoms with van der Waals surface area (Å²) in [7, 11) is 0. The maximum atomic E-state index is 5.37. The Kier molecular flexibility index (Phi) is 2.24. The zero-order valence-electron chi connectivity index (χ0n) is 10.4. The summed E-state index contributed by atoms with van der Waals surface area (Å²) < 4.78 is 0. The number of nitrogens with one attached hydrogen (secondary N) is 1. The van der Waals surface area contributed by atoms with Crippen LogP contribution in [0.15, 0.2) is 42.7 Å². The number of hydrogen-bond acceptors (Lipinski definition) is 6. The second-order valence-corrected chi connectivity index (χ2v) is 4.44. The molecule has 0 saturated heterocycles. The number of aromatic nitrogens is 4. The predicted octanol–water partition coefficient (Wildman–Crippen LogP) is 2.01. The van der Waals surface area contributed by atoms with E-state index >= 15 is 0 Å². The van der Waals surface area contributed by atoms with Crippen molar-refractivity contribution in [3.63, 3.8) is 0 Å². The smallest absolute Gasteiger partial charge is 0.257 e. The third-order valence-corrected chi connectivity index (χ3v) is 3.36. The average molecular weight is 262 g/mol. The van der Waals surface area contributed by atoms with Crippen molar-refractivity contribution in [2.75, 3.05) is 5.43 Å². The lowest BCUT2D eigenvalue weighted by Crippen LogP contribution is -2.11. The molecule has 96 valence electrons. The molecule has 2 heterocycles. The van der Waals surface area contributed by atoms with E-state index < -0.39 is 0 Å². The van der Waals surface area contributed by atoms with E-state index in [0.29, 0.717) is 5.95 Å². The molecule has 0 spiro atoms. The molecule has 20 heavy (non-hydrogen) atoms. The Hall–Kier alpha value is -2.86. The molecule has 6 nitrogen and oxygen atoms in total. The Morgan fingerprint density at radius 3 is 2.50 bits per heavy atom. The van der Waals surface area contributed by atoms with Crippen LogP contribution >= 0.6 is 0 Å². The van der Waals surface area contributed by atoms with Crippen molar-refractivity contribution in [2.45, 2.75) is 0 Å². The fourth-order valence-electron chi connectivity index (χ4n) is 2.50. The molecule has 6 heteroatoms. The van der Waals surface area contributed by atoms with E-state index in [1.807, 2.05) is 30.5 Å². The minimum absolute atomic E-state index is 0.297. The fraction of sp³-hybridized carbons (Fsp3) is 0. The molecule has 4 aromatic rings. The minimum atomic E-state index is 0.297. The van der Waals surface area contributed by atoms with Crippen LogP contribution in [0.2, 0.25) is 0 Å². The van der Waals surface area contributed by atoms with E-state index in [0.717, 1.165) is 32.6 Å². The van der Waals surface area contributed by atoms with Gasteiger partial charge in [0.05, 0.1) is 0 Å². The summed E-state index contributed by atoms with van der Waals surface area (Å²) in [6, 6.07) is 9.96. The number of anilines is 1. The molecule has 0 unspecified atom stereocenters. The largest absolute Gasteiger partial charge is 0.291 e. The first kappa shape index (κ1) is 11.0. The summed E-state index contributed by atoms with van der Waals surface area (Å²) in [4.78, 5) is 8.64. The van der Waals surface area contributed by atoms with E-state index in [4.69, 9.17) is 5.84 Å². The van der Waals surface area contributed by atoms with E-state index in [2.05, 4.69) is 31.7 Å². The second-order valence-electron chi connectivity index (χ2n) is 4.44. The van der Waals surface area contributed by atoms with Gasteiger partial charge in [0.2, 0.25) is 0 Å². The molecule has 0 saturated carbocycles. The predicted molar refractivity (Wildman–Crippen MR) is 78.0 cm³/mol. The Balaban J connectivity index is 2.35. The second kappa shape index (κ2) is 4.07. The number of pyridine rings is 1. The molecule has 3 N–H and O–H groups in total. The number of hydrogen-bond donors (Lipinski definition) is 2. The van der Waals surface area contributed by atoms with Gasteiger partial charge in [-0.15, -0.1) is 10.2 Å². The molecule has 2 aromatic carbocycles. The molecule has 0 aliphatic carbocycles. The Bertz CT molecular complexity index is 915. The van der Waals surface area contributed by atoms with Crippen LogP contribution in [-0.2, 0) is 0 Å². The highest BCUT2D eigenvalue weighted by Gasteiger charge is 2.11. The van der Waals surface area contributed by atoms with Crippen LogP contribution in [0, 0.1) is 0 Å². The molecule has 0 radical (unpaired) electrons.